The van der Waals surface area contributed by atoms with Gasteiger partial charge in [-0.15, -0.1) is 0 Å². The summed E-state index contributed by atoms with van der Waals surface area (Å²) >= 11 is 0. The van der Waals surface area contributed by atoms with Crippen molar-refractivity contribution in [2.24, 2.45) is 11.7 Å². The minimum atomic E-state index is -0.0645. The molecule has 11 heavy (non-hydrogen) atoms. The second-order valence-corrected chi connectivity index (χ2v) is 2.80. The monoisotopic (exact) mass is 156 g/mol. The normalized spacial score (nSPS) is 12.6. The molecular weight excluding hydrogens is 140 g/mol. The third kappa shape index (κ3) is 3.88. The summed E-state index contributed by atoms with van der Waals surface area (Å²) in [5.74, 6) is 0.184. The SMILES string of the molecule is CCC(=O)C(=N)CC(C)CN. The predicted octanol–water partition coefficient (Wildman–Crippen LogP) is 0.970. The fourth-order valence-electron chi connectivity index (χ4n) is 0.759. The zero-order valence-corrected chi connectivity index (χ0v) is 7.18. The summed E-state index contributed by atoms with van der Waals surface area (Å²) in [5.41, 5.74) is 5.57. The van der Waals surface area contributed by atoms with E-state index in [1.54, 1.807) is 6.92 Å². The molecule has 0 aliphatic heterocycles. The fraction of sp³-hybridized carbons (Fsp3) is 0.750. The Bertz CT molecular complexity index is 154. The van der Waals surface area contributed by atoms with Gasteiger partial charge in [-0.05, 0) is 18.9 Å². The van der Waals surface area contributed by atoms with Crippen LogP contribution in [0.3, 0.4) is 0 Å². The summed E-state index contributed by atoms with van der Waals surface area (Å²) < 4.78 is 0. The van der Waals surface area contributed by atoms with E-state index in [0.29, 0.717) is 19.4 Å². The lowest BCUT2D eigenvalue weighted by molar-refractivity contribution is -0.112. The molecule has 0 saturated carbocycles. The smallest absolute Gasteiger partial charge is 0.176 e. The maximum Gasteiger partial charge on any atom is 0.176 e. The van der Waals surface area contributed by atoms with Crippen molar-refractivity contribution in [2.75, 3.05) is 6.54 Å². The van der Waals surface area contributed by atoms with Crippen LogP contribution >= 0.6 is 0 Å². The molecule has 0 aromatic rings. The molecule has 3 nitrogen and oxygen atoms in total. The van der Waals surface area contributed by atoms with Crippen molar-refractivity contribution in [1.29, 1.82) is 5.41 Å². The Morgan fingerprint density at radius 1 is 1.64 bits per heavy atom. The Labute approximate surface area is 67.5 Å². The van der Waals surface area contributed by atoms with Gasteiger partial charge in [0.25, 0.3) is 0 Å². The zero-order valence-electron chi connectivity index (χ0n) is 7.18. The summed E-state index contributed by atoms with van der Waals surface area (Å²) in [6.07, 6.45) is 0.944. The Morgan fingerprint density at radius 3 is 2.55 bits per heavy atom. The average Bonchev–Trinajstić information content (AvgIpc) is 2.02. The molecule has 0 aromatic carbocycles. The lowest BCUT2D eigenvalue weighted by atomic mass is 10.0. The first-order chi connectivity index (χ1) is 5.11. The Hall–Kier alpha value is -0.700. The van der Waals surface area contributed by atoms with Crippen LogP contribution in [0.1, 0.15) is 26.7 Å². The molecule has 0 fully saturated rings. The summed E-state index contributed by atoms with van der Waals surface area (Å²) in [6.45, 7) is 4.25. The predicted molar refractivity (Wildman–Crippen MR) is 45.9 cm³/mol. The number of hydrogen-bond acceptors (Lipinski definition) is 3. The molecule has 0 aliphatic rings. The standard InChI is InChI=1S/C8H16N2O/c1-3-8(11)7(10)4-6(2)5-9/h6,10H,3-5,9H2,1-2H3. The van der Waals surface area contributed by atoms with E-state index >= 15 is 0 Å². The molecule has 0 aromatic heterocycles. The molecule has 0 spiro atoms. The summed E-state index contributed by atoms with van der Waals surface area (Å²) in [7, 11) is 0. The number of ketones is 1. The zero-order chi connectivity index (χ0) is 8.85. The van der Waals surface area contributed by atoms with Gasteiger partial charge in [-0.3, -0.25) is 4.79 Å². The lowest BCUT2D eigenvalue weighted by Crippen LogP contribution is -2.19. The first kappa shape index (κ1) is 10.3. The van der Waals surface area contributed by atoms with Crippen molar-refractivity contribution < 1.29 is 4.79 Å². The highest BCUT2D eigenvalue weighted by Gasteiger charge is 2.09. The summed E-state index contributed by atoms with van der Waals surface area (Å²) in [4.78, 5) is 10.9. The lowest BCUT2D eigenvalue weighted by Gasteiger charge is -2.06. The Balaban J connectivity index is 3.77. The molecule has 0 heterocycles. The van der Waals surface area contributed by atoms with E-state index in [9.17, 15) is 4.79 Å². The molecule has 0 bridgehead atoms. The molecule has 0 aliphatic carbocycles. The highest BCUT2D eigenvalue weighted by Crippen LogP contribution is 2.01. The van der Waals surface area contributed by atoms with E-state index < -0.39 is 0 Å². The van der Waals surface area contributed by atoms with Gasteiger partial charge >= 0.3 is 0 Å². The molecule has 1 unspecified atom stereocenters. The first-order valence-electron chi connectivity index (χ1n) is 3.92. The molecule has 0 rings (SSSR count). The number of Topliss-reactive ketones (excluding diaryl/α,β-unsaturated/α-hetero) is 1. The van der Waals surface area contributed by atoms with Crippen molar-refractivity contribution in [3.8, 4) is 0 Å². The second kappa shape index (κ2) is 5.02. The van der Waals surface area contributed by atoms with E-state index in [2.05, 4.69) is 0 Å². The highest BCUT2D eigenvalue weighted by molar-refractivity contribution is 6.38. The van der Waals surface area contributed by atoms with Gasteiger partial charge in [0.1, 0.15) is 0 Å². The van der Waals surface area contributed by atoms with Gasteiger partial charge in [-0.25, -0.2) is 0 Å². The number of carbonyl (C=O) groups is 1. The van der Waals surface area contributed by atoms with Crippen molar-refractivity contribution in [3.63, 3.8) is 0 Å². The second-order valence-electron chi connectivity index (χ2n) is 2.80. The van der Waals surface area contributed by atoms with Gasteiger partial charge in [0.2, 0.25) is 0 Å². The number of nitrogens with one attached hydrogen (secondary N) is 1. The van der Waals surface area contributed by atoms with Crippen LogP contribution in [-0.2, 0) is 4.79 Å². The maximum absolute atomic E-state index is 10.9. The minimum absolute atomic E-state index is 0.0645. The minimum Gasteiger partial charge on any atom is -0.330 e. The van der Waals surface area contributed by atoms with Gasteiger partial charge in [0, 0.05) is 6.42 Å². The highest BCUT2D eigenvalue weighted by atomic mass is 16.1. The third-order valence-electron chi connectivity index (χ3n) is 1.61. The van der Waals surface area contributed by atoms with Crippen LogP contribution in [-0.4, -0.2) is 18.0 Å². The van der Waals surface area contributed by atoms with Crippen LogP contribution < -0.4 is 5.73 Å². The van der Waals surface area contributed by atoms with Crippen molar-refractivity contribution >= 4 is 11.5 Å². The van der Waals surface area contributed by atoms with Crippen molar-refractivity contribution in [2.45, 2.75) is 26.7 Å². The van der Waals surface area contributed by atoms with Crippen LogP contribution in [0.25, 0.3) is 0 Å². The van der Waals surface area contributed by atoms with Crippen LogP contribution in [0, 0.1) is 11.3 Å². The largest absolute Gasteiger partial charge is 0.330 e. The van der Waals surface area contributed by atoms with Gasteiger partial charge in [0.15, 0.2) is 5.78 Å². The molecule has 1 atom stereocenters. The van der Waals surface area contributed by atoms with E-state index in [1.165, 1.54) is 0 Å². The van der Waals surface area contributed by atoms with E-state index in [0.717, 1.165) is 0 Å². The van der Waals surface area contributed by atoms with Crippen molar-refractivity contribution in [3.05, 3.63) is 0 Å². The molecule has 0 saturated heterocycles. The number of rotatable bonds is 5. The van der Waals surface area contributed by atoms with Gasteiger partial charge in [-0.1, -0.05) is 13.8 Å². The van der Waals surface area contributed by atoms with Crippen LogP contribution in [0.4, 0.5) is 0 Å². The number of nitrogens with two attached hydrogens (primary N) is 1. The van der Waals surface area contributed by atoms with Gasteiger partial charge in [-0.2, -0.15) is 0 Å². The van der Waals surface area contributed by atoms with Crippen molar-refractivity contribution in [1.82, 2.24) is 0 Å². The third-order valence-corrected chi connectivity index (χ3v) is 1.61. The average molecular weight is 156 g/mol. The Kier molecular flexibility index (Phi) is 4.70. The van der Waals surface area contributed by atoms with E-state index in [1.807, 2.05) is 6.92 Å². The molecule has 3 N–H and O–H groups in total. The quantitative estimate of drug-likeness (QED) is 0.582. The topological polar surface area (TPSA) is 66.9 Å². The van der Waals surface area contributed by atoms with Crippen LogP contribution in [0.5, 0.6) is 0 Å². The Morgan fingerprint density at radius 2 is 2.18 bits per heavy atom. The molecule has 64 valence electrons. The maximum atomic E-state index is 10.9. The summed E-state index contributed by atoms with van der Waals surface area (Å²) in [5, 5.41) is 7.32. The van der Waals surface area contributed by atoms with Crippen LogP contribution in [0.2, 0.25) is 0 Å². The van der Waals surface area contributed by atoms with Gasteiger partial charge in [0.05, 0.1) is 5.71 Å². The first-order valence-corrected chi connectivity index (χ1v) is 3.92. The fourth-order valence-corrected chi connectivity index (χ4v) is 0.759. The van der Waals surface area contributed by atoms with E-state index in [-0.39, 0.29) is 17.4 Å². The molecule has 3 heteroatoms. The summed E-state index contributed by atoms with van der Waals surface area (Å²) in [6, 6.07) is 0. The van der Waals surface area contributed by atoms with Gasteiger partial charge < -0.3 is 11.1 Å². The molecule has 0 amide bonds. The molecular formula is C8H16N2O. The number of hydrogen-bond donors (Lipinski definition) is 2. The molecule has 0 radical (unpaired) electrons. The number of carbonyl (C=O) groups excluding carboxylic acids is 1. The van der Waals surface area contributed by atoms with E-state index in [4.69, 9.17) is 11.1 Å². The van der Waals surface area contributed by atoms with Crippen LogP contribution in [0.15, 0.2) is 0 Å².